The van der Waals surface area contributed by atoms with Crippen LogP contribution in [0.3, 0.4) is 0 Å². The average Bonchev–Trinajstić information content (AvgIpc) is 2.50. The summed E-state index contributed by atoms with van der Waals surface area (Å²) in [6.07, 6.45) is 5.23. The van der Waals surface area contributed by atoms with Crippen LogP contribution in [0.4, 0.5) is 8.78 Å². The van der Waals surface area contributed by atoms with Crippen LogP contribution in [0.2, 0.25) is 0 Å². The molecule has 0 N–H and O–H groups in total. The molecule has 5 heteroatoms. The van der Waals surface area contributed by atoms with E-state index in [1.807, 2.05) is 39.9 Å². The lowest BCUT2D eigenvalue weighted by molar-refractivity contribution is -0.120. The van der Waals surface area contributed by atoms with E-state index in [1.165, 1.54) is 12.1 Å². The van der Waals surface area contributed by atoms with E-state index in [2.05, 4.69) is 10.7 Å². The molecule has 0 aliphatic rings. The third-order valence-corrected chi connectivity index (χ3v) is 2.64. The lowest BCUT2D eigenvalue weighted by atomic mass is 9.99. The fraction of sp³-hybridized carbons (Fsp3) is 0.316. The molecule has 3 nitrogen and oxygen atoms in total. The van der Waals surface area contributed by atoms with Crippen molar-refractivity contribution in [2.75, 3.05) is 21.1 Å². The van der Waals surface area contributed by atoms with Gasteiger partial charge in [0, 0.05) is 16.8 Å². The van der Waals surface area contributed by atoms with Crippen molar-refractivity contribution >= 4 is 17.2 Å². The predicted octanol–water partition coefficient (Wildman–Crippen LogP) is 4.15. The first-order valence-electron chi connectivity index (χ1n) is 7.42. The zero-order valence-corrected chi connectivity index (χ0v) is 14.9. The van der Waals surface area contributed by atoms with Gasteiger partial charge in [-0.2, -0.15) is 0 Å². The number of carbonyl (C=O) groups excluding carboxylic acids is 1. The number of carbonyl (C=O) groups is 1. The number of terminal acetylenes is 1. The van der Waals surface area contributed by atoms with E-state index >= 15 is 0 Å². The van der Waals surface area contributed by atoms with Crippen molar-refractivity contribution in [3.63, 3.8) is 0 Å². The second-order valence-corrected chi connectivity index (χ2v) is 5.08. The standard InChI is InChI=1S/C14H8F2O2.C3H9N.C2H6/c1-3-10-12(15)6-13(16)11-5-9(18-7-17)4-8(2)14(10)11;1-4(2)3;1-2/h1,4-7H,2H3;1-3H3;1-2H3. The summed E-state index contributed by atoms with van der Waals surface area (Å²) < 4.78 is 31.9. The molecule has 0 heterocycles. The fourth-order valence-corrected chi connectivity index (χ4v) is 1.92. The molecule has 0 aromatic heterocycles. The topological polar surface area (TPSA) is 29.5 Å². The van der Waals surface area contributed by atoms with E-state index in [-0.39, 0.29) is 23.2 Å². The van der Waals surface area contributed by atoms with Gasteiger partial charge in [0.1, 0.15) is 17.4 Å². The molecule has 0 unspecified atom stereocenters. The van der Waals surface area contributed by atoms with Crippen molar-refractivity contribution in [2.24, 2.45) is 0 Å². The summed E-state index contributed by atoms with van der Waals surface area (Å²) in [5.74, 6) is 0.858. The van der Waals surface area contributed by atoms with Crippen LogP contribution in [0.5, 0.6) is 5.75 Å². The van der Waals surface area contributed by atoms with Gasteiger partial charge in [-0.1, -0.05) is 19.8 Å². The third kappa shape index (κ3) is 5.64. The largest absolute Gasteiger partial charge is 0.429 e. The Morgan fingerprint density at radius 1 is 1.12 bits per heavy atom. The Balaban J connectivity index is 0.000000773. The molecule has 24 heavy (non-hydrogen) atoms. The Bertz CT molecular complexity index is 732. The summed E-state index contributed by atoms with van der Waals surface area (Å²) in [5.41, 5.74) is 0.539. The van der Waals surface area contributed by atoms with Crippen LogP contribution >= 0.6 is 0 Å². The number of halogens is 2. The molecule has 0 radical (unpaired) electrons. The minimum absolute atomic E-state index is 0.00144. The van der Waals surface area contributed by atoms with Crippen LogP contribution in [0, 0.1) is 30.9 Å². The first-order chi connectivity index (χ1) is 11.3. The normalized spacial score (nSPS) is 9.33. The highest BCUT2D eigenvalue weighted by Crippen LogP contribution is 2.31. The highest BCUT2D eigenvalue weighted by Gasteiger charge is 2.14. The van der Waals surface area contributed by atoms with Crippen molar-refractivity contribution in [2.45, 2.75) is 20.8 Å². The zero-order valence-electron chi connectivity index (χ0n) is 14.9. The fourth-order valence-electron chi connectivity index (χ4n) is 1.92. The molecule has 0 spiro atoms. The van der Waals surface area contributed by atoms with Gasteiger partial charge in [0.2, 0.25) is 0 Å². The van der Waals surface area contributed by atoms with Crippen molar-refractivity contribution < 1.29 is 18.3 Å². The Hall–Kier alpha value is -2.45. The SMILES string of the molecule is C#Cc1c(F)cc(F)c2cc(OC=O)cc(C)c12.CC.CN(C)C. The van der Waals surface area contributed by atoms with Gasteiger partial charge in [-0.15, -0.1) is 6.42 Å². The van der Waals surface area contributed by atoms with Gasteiger partial charge in [0.25, 0.3) is 6.47 Å². The van der Waals surface area contributed by atoms with E-state index in [9.17, 15) is 13.6 Å². The molecule has 2 rings (SSSR count). The summed E-state index contributed by atoms with van der Waals surface area (Å²) in [6.45, 7) is 5.88. The van der Waals surface area contributed by atoms with Gasteiger partial charge in [-0.05, 0) is 45.8 Å². The Labute approximate surface area is 142 Å². The van der Waals surface area contributed by atoms with Crippen LogP contribution in [-0.2, 0) is 4.79 Å². The van der Waals surface area contributed by atoms with E-state index in [0.717, 1.165) is 6.07 Å². The number of nitrogens with zero attached hydrogens (tertiary/aromatic N) is 1. The molecule has 0 bridgehead atoms. The van der Waals surface area contributed by atoms with Crippen molar-refractivity contribution in [1.29, 1.82) is 0 Å². The minimum atomic E-state index is -0.783. The molecule has 0 aliphatic carbocycles. The number of hydrogen-bond acceptors (Lipinski definition) is 3. The molecule has 0 atom stereocenters. The summed E-state index contributed by atoms with van der Waals surface area (Å²) in [4.78, 5) is 12.3. The highest BCUT2D eigenvalue weighted by molar-refractivity contribution is 5.93. The Morgan fingerprint density at radius 3 is 2.12 bits per heavy atom. The average molecular weight is 335 g/mol. The lowest BCUT2D eigenvalue weighted by Gasteiger charge is -2.09. The maximum atomic E-state index is 13.7. The zero-order chi connectivity index (χ0) is 18.9. The highest BCUT2D eigenvalue weighted by atomic mass is 19.1. The van der Waals surface area contributed by atoms with Crippen LogP contribution in [0.15, 0.2) is 18.2 Å². The van der Waals surface area contributed by atoms with Gasteiger partial charge >= 0.3 is 0 Å². The third-order valence-electron chi connectivity index (χ3n) is 2.64. The number of ether oxygens (including phenoxy) is 1. The first kappa shape index (κ1) is 21.6. The van der Waals surface area contributed by atoms with Gasteiger partial charge in [0.05, 0.1) is 5.56 Å². The minimum Gasteiger partial charge on any atom is -0.429 e. The quantitative estimate of drug-likeness (QED) is 0.610. The van der Waals surface area contributed by atoms with Gasteiger partial charge in [-0.3, -0.25) is 4.79 Å². The molecule has 130 valence electrons. The maximum Gasteiger partial charge on any atom is 0.298 e. The number of aryl methyl sites for hydroxylation is 1. The van der Waals surface area contributed by atoms with E-state index < -0.39 is 11.6 Å². The second kappa shape index (κ2) is 10.3. The van der Waals surface area contributed by atoms with Gasteiger partial charge in [0.15, 0.2) is 0 Å². The predicted molar refractivity (Wildman–Crippen MR) is 94.2 cm³/mol. The van der Waals surface area contributed by atoms with E-state index in [1.54, 1.807) is 6.92 Å². The molecule has 0 fully saturated rings. The lowest BCUT2D eigenvalue weighted by Crippen LogP contribution is -1.99. The number of rotatable bonds is 2. The van der Waals surface area contributed by atoms with Crippen molar-refractivity contribution in [1.82, 2.24) is 4.90 Å². The van der Waals surface area contributed by atoms with E-state index in [0.29, 0.717) is 10.9 Å². The molecule has 0 saturated heterocycles. The van der Waals surface area contributed by atoms with E-state index in [4.69, 9.17) is 6.42 Å². The first-order valence-corrected chi connectivity index (χ1v) is 7.42. The summed E-state index contributed by atoms with van der Waals surface area (Å²) >= 11 is 0. The maximum absolute atomic E-state index is 13.7. The summed E-state index contributed by atoms with van der Waals surface area (Å²) in [5, 5.41) is 0.439. The van der Waals surface area contributed by atoms with Crippen molar-refractivity contribution in [3.05, 3.63) is 41.0 Å². The molecule has 0 amide bonds. The van der Waals surface area contributed by atoms with Gasteiger partial charge < -0.3 is 9.64 Å². The molecule has 2 aromatic carbocycles. The molecule has 2 aromatic rings. The smallest absolute Gasteiger partial charge is 0.298 e. The molecule has 0 saturated carbocycles. The molecular formula is C19H23F2NO2. The summed E-state index contributed by atoms with van der Waals surface area (Å²) in [7, 11) is 6.00. The Morgan fingerprint density at radius 2 is 1.67 bits per heavy atom. The van der Waals surface area contributed by atoms with Crippen LogP contribution in [-0.4, -0.2) is 32.5 Å². The summed E-state index contributed by atoms with van der Waals surface area (Å²) in [6, 6.07) is 3.53. The number of hydrogen-bond donors (Lipinski definition) is 0. The molecular weight excluding hydrogens is 312 g/mol. The number of benzene rings is 2. The van der Waals surface area contributed by atoms with Gasteiger partial charge in [-0.25, -0.2) is 8.78 Å². The van der Waals surface area contributed by atoms with Crippen LogP contribution in [0.1, 0.15) is 25.0 Å². The van der Waals surface area contributed by atoms with Crippen LogP contribution < -0.4 is 4.74 Å². The molecule has 0 aliphatic heterocycles. The van der Waals surface area contributed by atoms with Crippen LogP contribution in [0.25, 0.3) is 10.8 Å². The number of fused-ring (bicyclic) bond motifs is 1. The second-order valence-electron chi connectivity index (χ2n) is 5.08. The Kier molecular flexibility index (Phi) is 9.29. The monoisotopic (exact) mass is 335 g/mol. The van der Waals surface area contributed by atoms with Crippen molar-refractivity contribution in [3.8, 4) is 18.1 Å².